The average molecular weight is 401 g/mol. The molecule has 6 N–H and O–H groups in total. The minimum absolute atomic E-state index is 0. The summed E-state index contributed by atoms with van der Waals surface area (Å²) in [5, 5.41) is 20.6. The number of nitrogens with two attached hydrogens (primary N) is 1. The molecule has 23 heavy (non-hydrogen) atoms. The molecule has 0 aromatic heterocycles. The van der Waals surface area contributed by atoms with E-state index in [1.807, 2.05) is 83.3 Å². The van der Waals surface area contributed by atoms with E-state index in [9.17, 15) is 0 Å². The lowest BCUT2D eigenvalue weighted by Crippen LogP contribution is -2.00. The van der Waals surface area contributed by atoms with Crippen LogP contribution >= 0.6 is 28.7 Å². The van der Waals surface area contributed by atoms with Gasteiger partial charge in [0.15, 0.2) is 0 Å². The van der Waals surface area contributed by atoms with Crippen molar-refractivity contribution in [2.24, 2.45) is 5.73 Å². The Bertz CT molecular complexity index is 55.7. The van der Waals surface area contributed by atoms with E-state index in [-0.39, 0.29) is 9.90 Å². The van der Waals surface area contributed by atoms with E-state index in [1.54, 1.807) is 0 Å². The Hall–Kier alpha value is 1.15. The Morgan fingerprint density at radius 1 is 0.652 bits per heavy atom. The van der Waals surface area contributed by atoms with E-state index in [4.69, 9.17) is 10.0 Å². The molecule has 0 radical (unpaired) electrons. The summed E-state index contributed by atoms with van der Waals surface area (Å²) in [5.41, 5.74) is 4.50. The standard InChI is InChI=1S/5C2H6.CH5BO2.2CH6NP.CH5N.H3P/c5*1-2;1-2(3)4;2*1-2-3;1-2;/h5*1-2H3;3-4H,1H3;2*2H,3H2,1H3;2H2,1H3;1H3. The number of rotatable bonds is 0. The van der Waals surface area contributed by atoms with Crippen LogP contribution in [0.15, 0.2) is 0 Å². The summed E-state index contributed by atoms with van der Waals surface area (Å²) in [6.07, 6.45) is 0. The molecule has 0 saturated carbocycles. The first kappa shape index (κ1) is 64.6. The molecule has 0 heterocycles. The Kier molecular flexibility index (Phi) is 843. The summed E-state index contributed by atoms with van der Waals surface area (Å²) < 4.78 is 0. The van der Waals surface area contributed by atoms with Crippen molar-refractivity contribution < 1.29 is 10.0 Å². The Morgan fingerprint density at radius 3 is 0.652 bits per heavy atom. The highest BCUT2D eigenvalue weighted by molar-refractivity contribution is 7.13. The topological polar surface area (TPSA) is 90.5 Å². The van der Waals surface area contributed by atoms with E-state index >= 15 is 0 Å². The quantitative estimate of drug-likeness (QED) is 0.314. The summed E-state index contributed by atoms with van der Waals surface area (Å²) in [6, 6.07) is 0. The van der Waals surface area contributed by atoms with Crippen LogP contribution in [0.25, 0.3) is 0 Å². The van der Waals surface area contributed by atoms with Crippen molar-refractivity contribution in [1.82, 2.24) is 10.2 Å². The second-order valence-corrected chi connectivity index (χ2v) is 2.36. The smallest absolute Gasteiger partial charge is 0.427 e. The van der Waals surface area contributed by atoms with Gasteiger partial charge in [0, 0.05) is 0 Å². The lowest BCUT2D eigenvalue weighted by atomic mass is 9.99. The van der Waals surface area contributed by atoms with Crippen LogP contribution in [0, 0.1) is 0 Å². The summed E-state index contributed by atoms with van der Waals surface area (Å²) >= 11 is 0. The maximum atomic E-state index is 7.61. The van der Waals surface area contributed by atoms with Crippen LogP contribution in [0.3, 0.4) is 0 Å². The zero-order valence-corrected chi connectivity index (χ0v) is 22.6. The SMILES string of the molecule is CB(O)O.CC.CC.CC.CC.CC.CN.CNP.CNP.P. The van der Waals surface area contributed by atoms with Crippen molar-refractivity contribution in [3.05, 3.63) is 0 Å². The number of hydrogen-bond acceptors (Lipinski definition) is 5. The molecule has 0 bridgehead atoms. The fourth-order valence-electron chi connectivity index (χ4n) is 0. The maximum Gasteiger partial charge on any atom is 0.448 e. The summed E-state index contributed by atoms with van der Waals surface area (Å²) in [6.45, 7) is 21.3. The molecule has 0 aliphatic heterocycles. The van der Waals surface area contributed by atoms with Crippen LogP contribution in [-0.4, -0.2) is 38.3 Å². The van der Waals surface area contributed by atoms with Gasteiger partial charge in [-0.1, -0.05) is 88.0 Å². The van der Waals surface area contributed by atoms with E-state index in [2.05, 4.69) is 34.7 Å². The van der Waals surface area contributed by atoms with E-state index in [0.717, 1.165) is 0 Å². The molecule has 0 aromatic rings. The molecule has 0 fully saturated rings. The van der Waals surface area contributed by atoms with Crippen LogP contribution in [0.1, 0.15) is 69.2 Å². The zero-order valence-electron chi connectivity index (χ0n) is 18.9. The zero-order chi connectivity index (χ0) is 21.0. The van der Waals surface area contributed by atoms with Crippen molar-refractivity contribution >= 4 is 35.8 Å². The first-order chi connectivity index (χ1) is 10.6. The molecule has 0 saturated heterocycles. The van der Waals surface area contributed by atoms with E-state index < -0.39 is 7.12 Å². The summed E-state index contributed by atoms with van der Waals surface area (Å²) in [5.74, 6) is 0. The fourth-order valence-corrected chi connectivity index (χ4v) is 0. The molecule has 0 spiro atoms. The van der Waals surface area contributed by atoms with Crippen LogP contribution in [-0.2, 0) is 0 Å². The number of hydrogen-bond donors (Lipinski definition) is 5. The molecule has 0 amide bonds. The van der Waals surface area contributed by atoms with Crippen LogP contribution < -0.4 is 15.9 Å². The van der Waals surface area contributed by atoms with Crippen LogP contribution in [0.4, 0.5) is 0 Å². The molecule has 3 unspecified atom stereocenters. The number of nitrogens with one attached hydrogen (secondary N) is 2. The molecule has 0 rings (SSSR count). The molecule has 5 nitrogen and oxygen atoms in total. The monoisotopic (exact) mass is 401 g/mol. The molecule has 0 aromatic carbocycles. The van der Waals surface area contributed by atoms with Gasteiger partial charge in [0.2, 0.25) is 0 Å². The van der Waals surface area contributed by atoms with Gasteiger partial charge in [0.05, 0.1) is 0 Å². The Morgan fingerprint density at radius 2 is 0.652 bits per heavy atom. The van der Waals surface area contributed by atoms with Gasteiger partial charge in [-0.25, -0.2) is 0 Å². The first-order valence-electron chi connectivity index (χ1n) is 8.25. The second-order valence-electron chi connectivity index (χ2n) is 1.21. The fraction of sp³-hybridized carbons (Fsp3) is 1.00. The third-order valence-electron chi connectivity index (χ3n) is 0. The van der Waals surface area contributed by atoms with Gasteiger partial charge in [-0.2, -0.15) is 9.90 Å². The second kappa shape index (κ2) is 300. The minimum Gasteiger partial charge on any atom is -0.427 e. The third-order valence-corrected chi connectivity index (χ3v) is 0. The highest BCUT2D eigenvalue weighted by Gasteiger charge is 1.86. The van der Waals surface area contributed by atoms with Crippen molar-refractivity contribution in [2.45, 2.75) is 76.1 Å². The molecule has 3 atom stereocenters. The summed E-state index contributed by atoms with van der Waals surface area (Å²) in [4.78, 5) is 0. The molecule has 156 valence electrons. The maximum absolute atomic E-state index is 7.61. The molecule has 9 heteroatoms. The van der Waals surface area contributed by atoms with Gasteiger partial charge in [-0.15, -0.1) is 0 Å². The van der Waals surface area contributed by atoms with Crippen molar-refractivity contribution in [1.29, 1.82) is 0 Å². The van der Waals surface area contributed by atoms with Gasteiger partial charge >= 0.3 is 7.12 Å². The Balaban J connectivity index is -0.0000000105. The first-order valence-corrected chi connectivity index (χ1v) is 9.40. The van der Waals surface area contributed by atoms with Crippen molar-refractivity contribution in [3.63, 3.8) is 0 Å². The highest BCUT2D eigenvalue weighted by Crippen LogP contribution is 1.51. The predicted molar refractivity (Wildman–Crippen MR) is 132 cm³/mol. The molecule has 0 aliphatic rings. The van der Waals surface area contributed by atoms with Gasteiger partial charge in [0.25, 0.3) is 0 Å². The van der Waals surface area contributed by atoms with Gasteiger partial charge in [0.1, 0.15) is 0 Å². The van der Waals surface area contributed by atoms with Gasteiger partial charge in [-0.3, -0.25) is 0 Å². The lowest BCUT2D eigenvalue weighted by Gasteiger charge is -1.71. The largest absolute Gasteiger partial charge is 0.448 e. The van der Waals surface area contributed by atoms with Crippen LogP contribution in [0.2, 0.25) is 6.82 Å². The van der Waals surface area contributed by atoms with E-state index in [1.165, 1.54) is 13.9 Å². The molecule has 0 aliphatic carbocycles. The van der Waals surface area contributed by atoms with Crippen molar-refractivity contribution in [3.8, 4) is 0 Å². The molecular weight excluding hydrogens is 346 g/mol. The highest BCUT2D eigenvalue weighted by atomic mass is 31.0. The predicted octanol–water partition coefficient (Wildman–Crippen LogP) is 3.84. The minimum atomic E-state index is -1.17. The summed E-state index contributed by atoms with van der Waals surface area (Å²) in [7, 11) is 8.67. The van der Waals surface area contributed by atoms with Gasteiger partial charge in [-0.05, 0) is 28.0 Å². The van der Waals surface area contributed by atoms with Crippen molar-refractivity contribution in [2.75, 3.05) is 21.1 Å². The Labute approximate surface area is 159 Å². The average Bonchev–Trinajstić information content (AvgIpc) is 2.59. The molecular formula is C14H55BN3O2P3. The van der Waals surface area contributed by atoms with Crippen LogP contribution in [0.5, 0.6) is 0 Å². The van der Waals surface area contributed by atoms with Gasteiger partial charge < -0.3 is 26.0 Å². The lowest BCUT2D eigenvalue weighted by molar-refractivity contribution is 0.417. The normalized spacial score (nSPS) is 4.30. The van der Waals surface area contributed by atoms with E-state index in [0.29, 0.717) is 0 Å². The third kappa shape index (κ3) is 7770.